The fourth-order valence-corrected chi connectivity index (χ4v) is 1.99. The molecule has 0 bridgehead atoms. The van der Waals surface area contributed by atoms with Crippen LogP contribution in [0.2, 0.25) is 0 Å². The molecule has 88 valence electrons. The van der Waals surface area contributed by atoms with Crippen molar-refractivity contribution in [1.82, 2.24) is 0 Å². The molecule has 0 aliphatic heterocycles. The molecule has 0 aromatic heterocycles. The van der Waals surface area contributed by atoms with Gasteiger partial charge in [0, 0.05) is 10.2 Å². The Kier molecular flexibility index (Phi) is 3.33. The molecule has 2 aromatic rings. The normalized spacial score (nSPS) is 10.3. The summed E-state index contributed by atoms with van der Waals surface area (Å²) in [5, 5.41) is 3.02. The maximum atomic E-state index is 13.6. The SMILES string of the molecule is Cc1ccc(Nc2ccc(N)cc2Br)c(F)c1. The summed E-state index contributed by atoms with van der Waals surface area (Å²) in [5.41, 5.74) is 8.42. The van der Waals surface area contributed by atoms with Gasteiger partial charge in [-0.2, -0.15) is 0 Å². The summed E-state index contributed by atoms with van der Waals surface area (Å²) in [6.07, 6.45) is 0. The molecule has 0 radical (unpaired) electrons. The van der Waals surface area contributed by atoms with Crippen LogP contribution in [0.15, 0.2) is 40.9 Å². The molecule has 2 nitrogen and oxygen atoms in total. The molecule has 0 unspecified atom stereocenters. The Morgan fingerprint density at radius 2 is 1.82 bits per heavy atom. The summed E-state index contributed by atoms with van der Waals surface area (Å²) >= 11 is 3.38. The van der Waals surface area contributed by atoms with E-state index in [9.17, 15) is 4.39 Å². The largest absolute Gasteiger partial charge is 0.399 e. The van der Waals surface area contributed by atoms with Gasteiger partial charge in [-0.1, -0.05) is 6.07 Å². The Morgan fingerprint density at radius 3 is 2.47 bits per heavy atom. The van der Waals surface area contributed by atoms with Gasteiger partial charge in [0.15, 0.2) is 0 Å². The van der Waals surface area contributed by atoms with Crippen LogP contribution >= 0.6 is 15.9 Å². The lowest BCUT2D eigenvalue weighted by Gasteiger charge is -2.10. The quantitative estimate of drug-likeness (QED) is 0.814. The molecule has 17 heavy (non-hydrogen) atoms. The number of rotatable bonds is 2. The molecule has 4 heteroatoms. The summed E-state index contributed by atoms with van der Waals surface area (Å²) in [6, 6.07) is 10.4. The van der Waals surface area contributed by atoms with Crippen molar-refractivity contribution in [2.45, 2.75) is 6.92 Å². The topological polar surface area (TPSA) is 38.0 Å². The molecule has 0 aliphatic rings. The van der Waals surface area contributed by atoms with Gasteiger partial charge in [0.2, 0.25) is 0 Å². The zero-order chi connectivity index (χ0) is 12.4. The maximum absolute atomic E-state index is 13.6. The lowest BCUT2D eigenvalue weighted by Crippen LogP contribution is -1.96. The summed E-state index contributed by atoms with van der Waals surface area (Å²) in [4.78, 5) is 0. The summed E-state index contributed by atoms with van der Waals surface area (Å²) < 4.78 is 14.4. The van der Waals surface area contributed by atoms with E-state index in [2.05, 4.69) is 21.2 Å². The standard InChI is InChI=1S/C13H12BrFN2/c1-8-2-4-13(11(15)6-8)17-12-5-3-9(16)7-10(12)14/h2-7,17H,16H2,1H3. The van der Waals surface area contributed by atoms with Crippen molar-refractivity contribution in [3.8, 4) is 0 Å². The third-order valence-corrected chi connectivity index (χ3v) is 3.04. The third-order valence-electron chi connectivity index (χ3n) is 2.39. The van der Waals surface area contributed by atoms with Crippen molar-refractivity contribution < 1.29 is 4.39 Å². The second kappa shape index (κ2) is 4.75. The third kappa shape index (κ3) is 2.77. The first-order valence-electron chi connectivity index (χ1n) is 5.14. The van der Waals surface area contributed by atoms with Crippen molar-refractivity contribution in [1.29, 1.82) is 0 Å². The highest BCUT2D eigenvalue weighted by molar-refractivity contribution is 9.10. The predicted octanol–water partition coefficient (Wildman–Crippen LogP) is 4.22. The molecule has 3 N–H and O–H groups in total. The Morgan fingerprint density at radius 1 is 1.12 bits per heavy atom. The summed E-state index contributed by atoms with van der Waals surface area (Å²) in [6.45, 7) is 1.85. The molecule has 0 atom stereocenters. The van der Waals surface area contributed by atoms with Gasteiger partial charge in [0.25, 0.3) is 0 Å². The van der Waals surface area contributed by atoms with E-state index in [1.54, 1.807) is 24.3 Å². The zero-order valence-corrected chi connectivity index (χ0v) is 10.9. The second-order valence-electron chi connectivity index (χ2n) is 3.85. The van der Waals surface area contributed by atoms with Crippen LogP contribution in [0.3, 0.4) is 0 Å². The van der Waals surface area contributed by atoms with Gasteiger partial charge in [-0.3, -0.25) is 0 Å². The maximum Gasteiger partial charge on any atom is 0.146 e. The smallest absolute Gasteiger partial charge is 0.146 e. The highest BCUT2D eigenvalue weighted by Gasteiger charge is 2.05. The van der Waals surface area contributed by atoms with Crippen LogP contribution in [-0.4, -0.2) is 0 Å². The molecule has 2 aromatic carbocycles. The number of nitrogen functional groups attached to an aromatic ring is 1. The first kappa shape index (κ1) is 11.9. The van der Waals surface area contributed by atoms with Crippen molar-refractivity contribution in [2.75, 3.05) is 11.1 Å². The number of hydrogen-bond donors (Lipinski definition) is 2. The number of nitrogens with one attached hydrogen (secondary N) is 1. The van der Waals surface area contributed by atoms with Crippen molar-refractivity contribution in [2.24, 2.45) is 0 Å². The zero-order valence-electron chi connectivity index (χ0n) is 9.30. The Bertz CT molecular complexity index is 506. The average molecular weight is 295 g/mol. The molecule has 2 rings (SSSR count). The fourth-order valence-electron chi connectivity index (χ4n) is 1.50. The highest BCUT2D eigenvalue weighted by atomic mass is 79.9. The van der Waals surface area contributed by atoms with E-state index in [1.807, 2.05) is 13.0 Å². The molecule has 0 fully saturated rings. The van der Waals surface area contributed by atoms with E-state index >= 15 is 0 Å². The van der Waals surface area contributed by atoms with Gasteiger partial charge in [-0.05, 0) is 58.7 Å². The Hall–Kier alpha value is -1.55. The number of halogens is 2. The molecule has 0 aliphatic carbocycles. The van der Waals surface area contributed by atoms with Crippen LogP contribution < -0.4 is 11.1 Å². The van der Waals surface area contributed by atoms with Gasteiger partial charge in [-0.15, -0.1) is 0 Å². The summed E-state index contributed by atoms with van der Waals surface area (Å²) in [5.74, 6) is -0.270. The van der Waals surface area contributed by atoms with E-state index in [0.717, 1.165) is 15.7 Å². The van der Waals surface area contributed by atoms with Crippen LogP contribution in [0.4, 0.5) is 21.5 Å². The van der Waals surface area contributed by atoms with Crippen LogP contribution in [-0.2, 0) is 0 Å². The molecule has 0 saturated carbocycles. The van der Waals surface area contributed by atoms with Crippen LogP contribution in [0.25, 0.3) is 0 Å². The predicted molar refractivity (Wildman–Crippen MR) is 73.0 cm³/mol. The van der Waals surface area contributed by atoms with E-state index in [4.69, 9.17) is 5.73 Å². The minimum Gasteiger partial charge on any atom is -0.399 e. The molecular formula is C13H12BrFN2. The number of anilines is 3. The molecule has 0 saturated heterocycles. The summed E-state index contributed by atoms with van der Waals surface area (Å²) in [7, 11) is 0. The minimum atomic E-state index is -0.270. The number of nitrogens with two attached hydrogens (primary N) is 1. The van der Waals surface area contributed by atoms with Gasteiger partial charge in [-0.25, -0.2) is 4.39 Å². The molecule has 0 heterocycles. The van der Waals surface area contributed by atoms with Crippen LogP contribution in [0, 0.1) is 12.7 Å². The lowest BCUT2D eigenvalue weighted by atomic mass is 10.2. The van der Waals surface area contributed by atoms with Crippen molar-refractivity contribution in [3.05, 3.63) is 52.3 Å². The highest BCUT2D eigenvalue weighted by Crippen LogP contribution is 2.28. The van der Waals surface area contributed by atoms with E-state index in [1.165, 1.54) is 6.07 Å². The second-order valence-corrected chi connectivity index (χ2v) is 4.70. The van der Waals surface area contributed by atoms with Gasteiger partial charge in [0.1, 0.15) is 5.82 Å². The molecule has 0 amide bonds. The van der Waals surface area contributed by atoms with Crippen LogP contribution in [0.5, 0.6) is 0 Å². The van der Waals surface area contributed by atoms with E-state index in [-0.39, 0.29) is 5.82 Å². The average Bonchev–Trinajstić information content (AvgIpc) is 2.25. The fraction of sp³-hybridized carbons (Fsp3) is 0.0769. The monoisotopic (exact) mass is 294 g/mol. The van der Waals surface area contributed by atoms with Gasteiger partial charge in [0.05, 0.1) is 11.4 Å². The number of aryl methyl sites for hydroxylation is 1. The van der Waals surface area contributed by atoms with Crippen LogP contribution in [0.1, 0.15) is 5.56 Å². The molecule has 0 spiro atoms. The number of hydrogen-bond acceptors (Lipinski definition) is 2. The van der Waals surface area contributed by atoms with E-state index < -0.39 is 0 Å². The Labute approximate surface area is 108 Å². The Balaban J connectivity index is 2.31. The van der Waals surface area contributed by atoms with Crippen molar-refractivity contribution >= 4 is 33.0 Å². The van der Waals surface area contributed by atoms with Gasteiger partial charge < -0.3 is 11.1 Å². The van der Waals surface area contributed by atoms with E-state index in [0.29, 0.717) is 11.4 Å². The lowest BCUT2D eigenvalue weighted by molar-refractivity contribution is 0.630. The number of benzene rings is 2. The molecular weight excluding hydrogens is 283 g/mol. The van der Waals surface area contributed by atoms with Gasteiger partial charge >= 0.3 is 0 Å². The minimum absolute atomic E-state index is 0.270. The first-order chi connectivity index (χ1) is 8.06. The van der Waals surface area contributed by atoms with Crippen molar-refractivity contribution in [3.63, 3.8) is 0 Å². The first-order valence-corrected chi connectivity index (χ1v) is 5.94.